The van der Waals surface area contributed by atoms with Crippen LogP contribution in [0.15, 0.2) is 48.5 Å². The highest BCUT2D eigenvalue weighted by molar-refractivity contribution is 6.31. The SMILES string of the molecule is FC(Cl)c1nc(-c2ccccc2)c2cc(Cl)ccc2n1. The van der Waals surface area contributed by atoms with Gasteiger partial charge in [-0.15, -0.1) is 0 Å². The van der Waals surface area contributed by atoms with E-state index in [0.717, 1.165) is 10.9 Å². The number of halogens is 3. The molecule has 0 amide bonds. The van der Waals surface area contributed by atoms with E-state index in [2.05, 4.69) is 9.97 Å². The van der Waals surface area contributed by atoms with Crippen molar-refractivity contribution >= 4 is 34.1 Å². The zero-order valence-corrected chi connectivity index (χ0v) is 11.7. The fraction of sp³-hybridized carbons (Fsp3) is 0.0667. The molecule has 2 aromatic carbocycles. The van der Waals surface area contributed by atoms with Crippen LogP contribution >= 0.6 is 23.2 Å². The van der Waals surface area contributed by atoms with E-state index in [1.54, 1.807) is 18.2 Å². The Morgan fingerprint density at radius 2 is 1.75 bits per heavy atom. The van der Waals surface area contributed by atoms with E-state index in [0.29, 0.717) is 16.2 Å². The molecule has 0 aliphatic carbocycles. The summed E-state index contributed by atoms with van der Waals surface area (Å²) < 4.78 is 13.4. The maximum absolute atomic E-state index is 13.4. The molecule has 3 rings (SSSR count). The molecule has 0 spiro atoms. The van der Waals surface area contributed by atoms with Crippen LogP contribution in [0.3, 0.4) is 0 Å². The smallest absolute Gasteiger partial charge is 0.229 e. The molecule has 100 valence electrons. The normalized spacial score (nSPS) is 12.6. The molecule has 0 saturated carbocycles. The molecular formula is C15H9Cl2FN2. The number of hydrogen-bond donors (Lipinski definition) is 0. The Hall–Kier alpha value is -1.71. The van der Waals surface area contributed by atoms with E-state index >= 15 is 0 Å². The van der Waals surface area contributed by atoms with Crippen LogP contribution in [0.1, 0.15) is 11.5 Å². The molecule has 0 fully saturated rings. The molecule has 3 aromatic rings. The Morgan fingerprint density at radius 3 is 2.45 bits per heavy atom. The largest absolute Gasteiger partial charge is 0.232 e. The third-order valence-electron chi connectivity index (χ3n) is 2.92. The standard InChI is InChI=1S/C15H9Cl2FN2/c16-10-6-7-12-11(8-10)13(9-4-2-1-3-5-9)20-15(19-12)14(17)18/h1-8,14H. The van der Waals surface area contributed by atoms with Gasteiger partial charge in [-0.1, -0.05) is 53.5 Å². The summed E-state index contributed by atoms with van der Waals surface area (Å²) in [7, 11) is 0. The molecule has 1 unspecified atom stereocenters. The van der Waals surface area contributed by atoms with Gasteiger partial charge in [-0.2, -0.15) is 0 Å². The number of hydrogen-bond acceptors (Lipinski definition) is 2. The quantitative estimate of drug-likeness (QED) is 0.611. The third-order valence-corrected chi connectivity index (χ3v) is 3.35. The first kappa shape index (κ1) is 13.3. The van der Waals surface area contributed by atoms with Gasteiger partial charge in [0.1, 0.15) is 0 Å². The van der Waals surface area contributed by atoms with E-state index in [1.165, 1.54) is 0 Å². The average molecular weight is 307 g/mol. The minimum Gasteiger partial charge on any atom is -0.229 e. The second-order valence-electron chi connectivity index (χ2n) is 4.26. The zero-order chi connectivity index (χ0) is 14.1. The Kier molecular flexibility index (Phi) is 3.55. The van der Waals surface area contributed by atoms with Crippen LogP contribution in [0.4, 0.5) is 4.39 Å². The molecule has 0 radical (unpaired) electrons. The lowest BCUT2D eigenvalue weighted by Gasteiger charge is -2.09. The van der Waals surface area contributed by atoms with Crippen LogP contribution in [0.25, 0.3) is 22.2 Å². The lowest BCUT2D eigenvalue weighted by Crippen LogP contribution is -1.98. The van der Waals surface area contributed by atoms with Crippen LogP contribution in [0.2, 0.25) is 5.02 Å². The number of nitrogens with zero attached hydrogens (tertiary/aromatic N) is 2. The van der Waals surface area contributed by atoms with Gasteiger partial charge < -0.3 is 0 Å². The van der Waals surface area contributed by atoms with Crippen LogP contribution in [-0.2, 0) is 0 Å². The van der Waals surface area contributed by atoms with E-state index in [9.17, 15) is 4.39 Å². The summed E-state index contributed by atoms with van der Waals surface area (Å²) in [6.45, 7) is 0. The molecule has 2 nitrogen and oxygen atoms in total. The molecule has 0 N–H and O–H groups in total. The number of aromatic nitrogens is 2. The maximum atomic E-state index is 13.4. The van der Waals surface area contributed by atoms with Gasteiger partial charge in [0, 0.05) is 16.0 Å². The highest BCUT2D eigenvalue weighted by Crippen LogP contribution is 2.30. The van der Waals surface area contributed by atoms with Crippen molar-refractivity contribution in [2.24, 2.45) is 0 Å². The first-order chi connectivity index (χ1) is 9.65. The van der Waals surface area contributed by atoms with Crippen molar-refractivity contribution in [1.82, 2.24) is 9.97 Å². The first-order valence-electron chi connectivity index (χ1n) is 5.96. The molecule has 5 heteroatoms. The van der Waals surface area contributed by atoms with Crippen molar-refractivity contribution in [2.75, 3.05) is 0 Å². The summed E-state index contributed by atoms with van der Waals surface area (Å²) in [6, 6.07) is 14.7. The number of fused-ring (bicyclic) bond motifs is 1. The van der Waals surface area contributed by atoms with Gasteiger partial charge in [-0.05, 0) is 18.2 Å². The summed E-state index contributed by atoms with van der Waals surface area (Å²) >= 11 is 11.5. The predicted octanol–water partition coefficient (Wildman–Crippen LogP) is 5.16. The lowest BCUT2D eigenvalue weighted by molar-refractivity contribution is 0.442. The fourth-order valence-electron chi connectivity index (χ4n) is 2.03. The van der Waals surface area contributed by atoms with Crippen molar-refractivity contribution in [2.45, 2.75) is 5.63 Å². The Morgan fingerprint density at radius 1 is 1.00 bits per heavy atom. The molecule has 0 bridgehead atoms. The van der Waals surface area contributed by atoms with Crippen molar-refractivity contribution in [1.29, 1.82) is 0 Å². The summed E-state index contributed by atoms with van der Waals surface area (Å²) in [5, 5.41) is 1.35. The molecule has 0 aliphatic heterocycles. The summed E-state index contributed by atoms with van der Waals surface area (Å²) in [6.07, 6.45) is 0. The second kappa shape index (κ2) is 5.35. The number of alkyl halides is 2. The summed E-state index contributed by atoms with van der Waals surface area (Å²) in [5.41, 5.74) is 0.358. The molecule has 0 saturated heterocycles. The van der Waals surface area contributed by atoms with E-state index in [4.69, 9.17) is 23.2 Å². The Balaban J connectivity index is 2.35. The van der Waals surface area contributed by atoms with Gasteiger partial charge in [0.15, 0.2) is 5.82 Å². The zero-order valence-electron chi connectivity index (χ0n) is 10.2. The van der Waals surface area contributed by atoms with E-state index < -0.39 is 5.63 Å². The number of benzene rings is 2. The summed E-state index contributed by atoms with van der Waals surface area (Å²) in [5.74, 6) is -0.0413. The van der Waals surface area contributed by atoms with Gasteiger partial charge in [0.05, 0.1) is 11.2 Å². The monoisotopic (exact) mass is 306 g/mol. The molecule has 1 heterocycles. The molecule has 0 aliphatic rings. The molecule has 20 heavy (non-hydrogen) atoms. The number of rotatable bonds is 2. The fourth-order valence-corrected chi connectivity index (χ4v) is 2.30. The molecular weight excluding hydrogens is 298 g/mol. The summed E-state index contributed by atoms with van der Waals surface area (Å²) in [4.78, 5) is 8.36. The lowest BCUT2D eigenvalue weighted by atomic mass is 10.1. The van der Waals surface area contributed by atoms with Gasteiger partial charge in [-0.3, -0.25) is 0 Å². The van der Waals surface area contributed by atoms with Gasteiger partial charge >= 0.3 is 0 Å². The van der Waals surface area contributed by atoms with Crippen molar-refractivity contribution in [3.8, 4) is 11.3 Å². The molecule has 1 atom stereocenters. The van der Waals surface area contributed by atoms with Crippen molar-refractivity contribution < 1.29 is 4.39 Å². The highest BCUT2D eigenvalue weighted by Gasteiger charge is 2.15. The van der Waals surface area contributed by atoms with Gasteiger partial charge in [0.25, 0.3) is 0 Å². The van der Waals surface area contributed by atoms with Crippen LogP contribution in [-0.4, -0.2) is 9.97 Å². The van der Waals surface area contributed by atoms with E-state index in [1.807, 2.05) is 30.3 Å². The van der Waals surface area contributed by atoms with Crippen LogP contribution in [0.5, 0.6) is 0 Å². The van der Waals surface area contributed by atoms with Crippen molar-refractivity contribution in [3.63, 3.8) is 0 Å². The maximum Gasteiger partial charge on any atom is 0.232 e. The third kappa shape index (κ3) is 2.47. The van der Waals surface area contributed by atoms with E-state index in [-0.39, 0.29) is 5.82 Å². The highest BCUT2D eigenvalue weighted by atomic mass is 35.5. The van der Waals surface area contributed by atoms with Gasteiger partial charge in [0.2, 0.25) is 5.63 Å². The molecule has 1 aromatic heterocycles. The second-order valence-corrected chi connectivity index (χ2v) is 5.08. The van der Waals surface area contributed by atoms with Crippen LogP contribution in [0, 0.1) is 0 Å². The minimum atomic E-state index is -1.74. The van der Waals surface area contributed by atoms with Crippen LogP contribution < -0.4 is 0 Å². The predicted molar refractivity (Wildman–Crippen MR) is 79.7 cm³/mol. The van der Waals surface area contributed by atoms with Crippen molar-refractivity contribution in [3.05, 3.63) is 59.4 Å². The Bertz CT molecular complexity index is 760. The Labute approximate surface area is 125 Å². The average Bonchev–Trinajstić information content (AvgIpc) is 2.47. The van der Waals surface area contributed by atoms with Gasteiger partial charge in [-0.25, -0.2) is 14.4 Å². The topological polar surface area (TPSA) is 25.8 Å². The minimum absolute atomic E-state index is 0.0413. The first-order valence-corrected chi connectivity index (χ1v) is 6.77.